The number of para-hydroxylation sites is 1. The van der Waals surface area contributed by atoms with Crippen LogP contribution in [0.3, 0.4) is 0 Å². The van der Waals surface area contributed by atoms with Crippen molar-refractivity contribution in [1.82, 2.24) is 5.32 Å². The van der Waals surface area contributed by atoms with Gasteiger partial charge in [0.05, 0.1) is 18.9 Å². The summed E-state index contributed by atoms with van der Waals surface area (Å²) in [5.41, 5.74) is 0.731. The fourth-order valence-electron chi connectivity index (χ4n) is 2.74. The standard InChI is InChI=1S/C21H20N2O5/c1-13(2)28-18-12-16(27-3)10-9-14(18)11-17-19(24)22-21(26)23(20(17)25)15-7-5-4-6-8-15/h4-13H,1-3H3,(H,22,24,26)/b17-11+. The van der Waals surface area contributed by atoms with E-state index in [0.29, 0.717) is 22.7 Å². The highest BCUT2D eigenvalue weighted by molar-refractivity contribution is 6.39. The third-order valence-electron chi connectivity index (χ3n) is 4.00. The Bertz CT molecular complexity index is 951. The Morgan fingerprint density at radius 3 is 2.39 bits per heavy atom. The van der Waals surface area contributed by atoms with Gasteiger partial charge in [-0.3, -0.25) is 14.9 Å². The highest BCUT2D eigenvalue weighted by Gasteiger charge is 2.36. The number of benzene rings is 2. The van der Waals surface area contributed by atoms with Gasteiger partial charge in [-0.15, -0.1) is 0 Å². The number of hydrogen-bond acceptors (Lipinski definition) is 5. The second-order valence-corrected chi connectivity index (χ2v) is 6.36. The van der Waals surface area contributed by atoms with Crippen LogP contribution >= 0.6 is 0 Å². The Morgan fingerprint density at radius 1 is 1.04 bits per heavy atom. The molecule has 0 aliphatic carbocycles. The number of urea groups is 1. The van der Waals surface area contributed by atoms with Gasteiger partial charge in [-0.25, -0.2) is 9.69 Å². The molecule has 0 unspecified atom stereocenters. The normalized spacial score (nSPS) is 15.8. The Balaban J connectivity index is 2.04. The maximum atomic E-state index is 12.9. The van der Waals surface area contributed by atoms with Crippen molar-refractivity contribution in [3.05, 3.63) is 59.7 Å². The zero-order valence-electron chi connectivity index (χ0n) is 15.8. The molecule has 1 N–H and O–H groups in total. The average Bonchev–Trinajstić information content (AvgIpc) is 2.66. The van der Waals surface area contributed by atoms with Crippen LogP contribution in [0.4, 0.5) is 10.5 Å². The van der Waals surface area contributed by atoms with Gasteiger partial charge in [0, 0.05) is 11.6 Å². The van der Waals surface area contributed by atoms with Gasteiger partial charge in [-0.05, 0) is 44.2 Å². The van der Waals surface area contributed by atoms with Crippen molar-refractivity contribution in [3.8, 4) is 11.5 Å². The van der Waals surface area contributed by atoms with Crippen molar-refractivity contribution < 1.29 is 23.9 Å². The van der Waals surface area contributed by atoms with Crippen LogP contribution in [0.2, 0.25) is 0 Å². The summed E-state index contributed by atoms with van der Waals surface area (Å²) in [7, 11) is 1.54. The molecule has 4 amide bonds. The highest BCUT2D eigenvalue weighted by Crippen LogP contribution is 2.29. The van der Waals surface area contributed by atoms with E-state index in [1.54, 1.807) is 48.5 Å². The fraction of sp³-hybridized carbons (Fsp3) is 0.190. The van der Waals surface area contributed by atoms with Crippen LogP contribution in [0.1, 0.15) is 19.4 Å². The van der Waals surface area contributed by atoms with Gasteiger partial charge in [0.15, 0.2) is 0 Å². The van der Waals surface area contributed by atoms with Crippen molar-refractivity contribution in [2.24, 2.45) is 0 Å². The minimum atomic E-state index is -0.785. The van der Waals surface area contributed by atoms with E-state index in [9.17, 15) is 14.4 Å². The van der Waals surface area contributed by atoms with Gasteiger partial charge >= 0.3 is 6.03 Å². The zero-order valence-corrected chi connectivity index (χ0v) is 15.8. The number of carbonyl (C=O) groups excluding carboxylic acids is 3. The Morgan fingerprint density at radius 2 is 1.75 bits per heavy atom. The molecular formula is C21H20N2O5. The molecule has 2 aromatic rings. The number of imide groups is 2. The van der Waals surface area contributed by atoms with Crippen LogP contribution in [-0.2, 0) is 9.59 Å². The summed E-state index contributed by atoms with van der Waals surface area (Å²) < 4.78 is 11.0. The van der Waals surface area contributed by atoms with Crippen molar-refractivity contribution in [2.75, 3.05) is 12.0 Å². The molecule has 0 bridgehead atoms. The van der Waals surface area contributed by atoms with Gasteiger partial charge in [0.1, 0.15) is 17.1 Å². The van der Waals surface area contributed by atoms with Crippen LogP contribution in [0.15, 0.2) is 54.1 Å². The lowest BCUT2D eigenvalue weighted by atomic mass is 10.1. The summed E-state index contributed by atoms with van der Waals surface area (Å²) in [5.74, 6) is -0.413. The monoisotopic (exact) mass is 380 g/mol. The summed E-state index contributed by atoms with van der Waals surface area (Å²) in [5, 5.41) is 2.20. The predicted molar refractivity (Wildman–Crippen MR) is 104 cm³/mol. The van der Waals surface area contributed by atoms with Crippen molar-refractivity contribution in [2.45, 2.75) is 20.0 Å². The van der Waals surface area contributed by atoms with Gasteiger partial charge < -0.3 is 9.47 Å². The first-order valence-corrected chi connectivity index (χ1v) is 8.72. The van der Waals surface area contributed by atoms with Crippen molar-refractivity contribution in [1.29, 1.82) is 0 Å². The molecule has 0 saturated carbocycles. The predicted octanol–water partition coefficient (Wildman–Crippen LogP) is 3.15. The number of nitrogens with one attached hydrogen (secondary N) is 1. The molecule has 28 heavy (non-hydrogen) atoms. The Hall–Kier alpha value is -3.61. The Labute approximate surface area is 162 Å². The maximum Gasteiger partial charge on any atom is 0.335 e. The van der Waals surface area contributed by atoms with E-state index in [-0.39, 0.29) is 11.7 Å². The molecule has 1 fully saturated rings. The summed E-state index contributed by atoms with van der Waals surface area (Å²) >= 11 is 0. The number of rotatable bonds is 5. The molecular weight excluding hydrogens is 360 g/mol. The number of amides is 4. The fourth-order valence-corrected chi connectivity index (χ4v) is 2.74. The zero-order chi connectivity index (χ0) is 20.3. The molecule has 0 aromatic heterocycles. The first-order chi connectivity index (χ1) is 13.4. The van der Waals surface area contributed by atoms with E-state index in [1.807, 2.05) is 13.8 Å². The minimum absolute atomic E-state index is 0.123. The van der Waals surface area contributed by atoms with E-state index in [1.165, 1.54) is 13.2 Å². The van der Waals surface area contributed by atoms with E-state index in [4.69, 9.17) is 9.47 Å². The number of barbiturate groups is 1. The van der Waals surface area contributed by atoms with Crippen LogP contribution in [0, 0.1) is 0 Å². The van der Waals surface area contributed by atoms with Crippen LogP contribution in [0.5, 0.6) is 11.5 Å². The molecule has 2 aromatic carbocycles. The van der Waals surface area contributed by atoms with E-state index in [0.717, 1.165) is 4.90 Å². The SMILES string of the molecule is COc1ccc(/C=C2\C(=O)NC(=O)N(c3ccccc3)C2=O)c(OC(C)C)c1. The average molecular weight is 380 g/mol. The smallest absolute Gasteiger partial charge is 0.335 e. The first kappa shape index (κ1) is 19.2. The number of methoxy groups -OCH3 is 1. The topological polar surface area (TPSA) is 84.9 Å². The Kier molecular flexibility index (Phi) is 5.44. The van der Waals surface area contributed by atoms with Crippen LogP contribution < -0.4 is 19.7 Å². The second-order valence-electron chi connectivity index (χ2n) is 6.36. The third kappa shape index (κ3) is 3.88. The first-order valence-electron chi connectivity index (χ1n) is 8.72. The molecule has 0 atom stereocenters. The number of ether oxygens (including phenoxy) is 2. The maximum absolute atomic E-state index is 12.9. The highest BCUT2D eigenvalue weighted by atomic mass is 16.5. The second kappa shape index (κ2) is 7.96. The van der Waals surface area contributed by atoms with Gasteiger partial charge in [0.2, 0.25) is 0 Å². The van der Waals surface area contributed by atoms with Gasteiger partial charge in [-0.1, -0.05) is 18.2 Å². The minimum Gasteiger partial charge on any atom is -0.497 e. The van der Waals surface area contributed by atoms with Gasteiger partial charge in [-0.2, -0.15) is 0 Å². The lowest BCUT2D eigenvalue weighted by molar-refractivity contribution is -0.122. The van der Waals surface area contributed by atoms with E-state index in [2.05, 4.69) is 5.32 Å². The molecule has 7 heteroatoms. The molecule has 7 nitrogen and oxygen atoms in total. The summed E-state index contributed by atoms with van der Waals surface area (Å²) in [6.45, 7) is 3.73. The van der Waals surface area contributed by atoms with E-state index >= 15 is 0 Å². The largest absolute Gasteiger partial charge is 0.497 e. The summed E-state index contributed by atoms with van der Waals surface area (Å²) in [6, 6.07) is 12.7. The van der Waals surface area contributed by atoms with Crippen molar-refractivity contribution >= 4 is 29.6 Å². The number of nitrogens with zero attached hydrogens (tertiary/aromatic N) is 1. The van der Waals surface area contributed by atoms with Crippen LogP contribution in [0.25, 0.3) is 6.08 Å². The van der Waals surface area contributed by atoms with Gasteiger partial charge in [0.25, 0.3) is 11.8 Å². The van der Waals surface area contributed by atoms with Crippen LogP contribution in [-0.4, -0.2) is 31.1 Å². The number of anilines is 1. The van der Waals surface area contributed by atoms with E-state index < -0.39 is 17.8 Å². The molecule has 3 rings (SSSR count). The van der Waals surface area contributed by atoms with Crippen molar-refractivity contribution in [3.63, 3.8) is 0 Å². The quantitative estimate of drug-likeness (QED) is 0.636. The number of hydrogen-bond donors (Lipinski definition) is 1. The molecule has 144 valence electrons. The molecule has 1 aliphatic heterocycles. The molecule has 1 saturated heterocycles. The third-order valence-corrected chi connectivity index (χ3v) is 4.00. The molecule has 0 radical (unpaired) electrons. The number of carbonyl (C=O) groups is 3. The molecule has 1 aliphatic rings. The summed E-state index contributed by atoms with van der Waals surface area (Å²) in [4.78, 5) is 38.4. The summed E-state index contributed by atoms with van der Waals surface area (Å²) in [6.07, 6.45) is 1.29. The lowest BCUT2D eigenvalue weighted by Gasteiger charge is -2.26. The lowest BCUT2D eigenvalue weighted by Crippen LogP contribution is -2.54. The molecule has 1 heterocycles. The molecule has 0 spiro atoms.